The molecule has 5 atom stereocenters. The lowest BCUT2D eigenvalue weighted by Crippen LogP contribution is -2.51. The Kier molecular flexibility index (Phi) is 1.69. The summed E-state index contributed by atoms with van der Waals surface area (Å²) in [4.78, 5) is 13.0. The molecule has 0 aromatic heterocycles. The maximum absolute atomic E-state index is 13.1. The summed E-state index contributed by atoms with van der Waals surface area (Å²) < 4.78 is 223. The standard InChI is InChI=1S/C29H35NO2/c1-5-15-29(32)16-14-26-24-12-8-20-17-22(31)11-13-23(20)27(24)25(18-28(26,29)2)19-6-9-21(10-7-19)30(3)4/h6-7,9-10,17,24-26,32H,8,11-14,16,18H2,1-4H3/t24-,25+,26-,28-,29-/m0/s1/i2D3,3D3,4D3,8D2,12D2,13D2,14D2,16D2,17D,18D2,24D,25D,26D. The highest BCUT2D eigenvalue weighted by molar-refractivity contribution is 5.93. The lowest BCUT2D eigenvalue weighted by atomic mass is 9.51. The summed E-state index contributed by atoms with van der Waals surface area (Å²) in [6.07, 6.45) is -26.8. The van der Waals surface area contributed by atoms with Gasteiger partial charge in [-0.05, 0) is 91.8 Å². The van der Waals surface area contributed by atoms with E-state index in [1.54, 1.807) is 5.92 Å². The molecule has 1 N–H and O–H groups in total. The van der Waals surface area contributed by atoms with Crippen molar-refractivity contribution >= 4 is 11.5 Å². The van der Waals surface area contributed by atoms with Crippen LogP contribution in [-0.4, -0.2) is 30.4 Å². The van der Waals surface area contributed by atoms with Crippen molar-refractivity contribution in [1.29, 1.82) is 0 Å². The van der Waals surface area contributed by atoms with Gasteiger partial charge in [0.2, 0.25) is 0 Å². The number of anilines is 1. The average Bonchev–Trinajstić information content (AvgIpc) is 3.08. The molecule has 2 fully saturated rings. The molecule has 1 aromatic rings. The number of allylic oxidation sites excluding steroid dienone is 4. The number of hydrogen-bond donors (Lipinski definition) is 1. The summed E-state index contributed by atoms with van der Waals surface area (Å²) in [5.74, 6) is -11.0. The first-order valence-corrected chi connectivity index (χ1v) is 9.63. The largest absolute Gasteiger partial charge is 0.378 e. The molecule has 168 valence electrons. The fourth-order valence-electron chi connectivity index (χ4n) is 4.03. The van der Waals surface area contributed by atoms with E-state index < -0.39 is 134 Å². The quantitative estimate of drug-likeness (QED) is 0.608. The summed E-state index contributed by atoms with van der Waals surface area (Å²) >= 11 is 0. The van der Waals surface area contributed by atoms with E-state index in [1.165, 1.54) is 0 Å². The van der Waals surface area contributed by atoms with Gasteiger partial charge >= 0.3 is 0 Å². The molecule has 3 heteroatoms. The predicted octanol–water partition coefficient (Wildman–Crippen LogP) is 5.41. The van der Waals surface area contributed by atoms with Gasteiger partial charge < -0.3 is 10.0 Å². The van der Waals surface area contributed by atoms with Crippen LogP contribution in [0.1, 0.15) is 104 Å². The van der Waals surface area contributed by atoms with E-state index in [2.05, 4.69) is 0 Å². The third-order valence-corrected chi connectivity index (χ3v) is 5.57. The summed E-state index contributed by atoms with van der Waals surface area (Å²) in [6.45, 7) is -10.5. The molecule has 0 saturated heterocycles. The van der Waals surface area contributed by atoms with Gasteiger partial charge in [0.05, 0.1) is 1.37 Å². The predicted molar refractivity (Wildman–Crippen MR) is 129 cm³/mol. The second kappa shape index (κ2) is 7.63. The number of ketones is 1. The minimum atomic E-state index is -4.72. The third kappa shape index (κ3) is 3.11. The second-order valence-corrected chi connectivity index (χ2v) is 7.49. The molecule has 0 bridgehead atoms. The second-order valence-electron chi connectivity index (χ2n) is 7.49. The highest BCUT2D eigenvalue weighted by Crippen LogP contribution is 2.66. The van der Waals surface area contributed by atoms with Gasteiger partial charge in [0.1, 0.15) is 5.60 Å². The highest BCUT2D eigenvalue weighted by atomic mass is 16.3. The van der Waals surface area contributed by atoms with Crippen LogP contribution in [0.2, 0.25) is 0 Å². The van der Waals surface area contributed by atoms with Crippen LogP contribution in [0.4, 0.5) is 5.69 Å². The molecule has 32 heavy (non-hydrogen) atoms. The zero-order chi connectivity index (χ0) is 44.6. The van der Waals surface area contributed by atoms with Crippen LogP contribution in [0.3, 0.4) is 0 Å². The Morgan fingerprint density at radius 3 is 2.81 bits per heavy atom. The first-order valence-electron chi connectivity index (χ1n) is 22.1. The Hall–Kier alpha value is -2.31. The molecule has 4 aliphatic rings. The Morgan fingerprint density at radius 2 is 2.09 bits per heavy atom. The van der Waals surface area contributed by atoms with Crippen molar-refractivity contribution in [1.82, 2.24) is 0 Å². The summed E-state index contributed by atoms with van der Waals surface area (Å²) in [6, 6.07) is 1.08. The van der Waals surface area contributed by atoms with E-state index in [0.717, 1.165) is 6.92 Å². The molecule has 0 radical (unpaired) electrons. The molecular formula is C29H35NO2. The zero-order valence-corrected chi connectivity index (χ0v) is 16.8. The summed E-state index contributed by atoms with van der Waals surface area (Å²) in [5, 5.41) is 12.5. The number of nitrogens with zero attached hydrogens (tertiary/aromatic N) is 1. The van der Waals surface area contributed by atoms with Gasteiger partial charge in [-0.3, -0.25) is 4.79 Å². The highest BCUT2D eigenvalue weighted by Gasteiger charge is 2.62. The van der Waals surface area contributed by atoms with Gasteiger partial charge in [-0.15, -0.1) is 5.92 Å². The smallest absolute Gasteiger partial charge is 0.156 e. The Balaban J connectivity index is 2.23. The molecule has 1 aromatic carbocycles. The zero-order valence-electron chi connectivity index (χ0n) is 41.8. The van der Waals surface area contributed by atoms with Crippen LogP contribution in [0.25, 0.3) is 0 Å². The molecular weight excluding hydrogens is 394 g/mol. The van der Waals surface area contributed by atoms with Crippen LogP contribution >= 0.6 is 0 Å². The lowest BCUT2D eigenvalue weighted by molar-refractivity contribution is -0.114. The van der Waals surface area contributed by atoms with Gasteiger partial charge in [-0.1, -0.05) is 30.5 Å². The van der Waals surface area contributed by atoms with Gasteiger partial charge in [0.15, 0.2) is 5.78 Å². The summed E-state index contributed by atoms with van der Waals surface area (Å²) in [7, 11) is 0. The van der Waals surface area contributed by atoms with Crippen LogP contribution < -0.4 is 4.90 Å². The number of carbonyl (C=O) groups excluding carboxylic acids is 1. The van der Waals surface area contributed by atoms with Crippen molar-refractivity contribution in [3.05, 3.63) is 52.6 Å². The first-order chi connectivity index (χ1) is 25.0. The minimum absolute atomic E-state index is 0.0622. The maximum atomic E-state index is 13.1. The number of rotatable bonds is 2. The van der Waals surface area contributed by atoms with Gasteiger partial charge in [-0.25, -0.2) is 0 Å². The van der Waals surface area contributed by atoms with Crippen LogP contribution in [-0.2, 0) is 4.79 Å². The van der Waals surface area contributed by atoms with E-state index in [4.69, 9.17) is 24.7 Å². The van der Waals surface area contributed by atoms with Crippen molar-refractivity contribution in [2.45, 2.75) is 69.9 Å². The molecule has 0 unspecified atom stereocenters. The van der Waals surface area contributed by atoms with Crippen LogP contribution in [0.15, 0.2) is 47.0 Å². The first kappa shape index (κ1) is 7.09. The minimum Gasteiger partial charge on any atom is -0.378 e. The average molecular weight is 455 g/mol. The van der Waals surface area contributed by atoms with E-state index >= 15 is 0 Å². The van der Waals surface area contributed by atoms with Crippen LogP contribution in [0.5, 0.6) is 0 Å². The molecule has 3 nitrogen and oxygen atoms in total. The SMILES string of the molecule is [2H]C1=C2C(=C3[C@@]([2H])(c4ccc(N(C([2H])([2H])[2H])C([2H])([2H])[2H])cc4)C([2H])([2H])[C@@]4(C([2H])([2H])[2H])[C@@]([2H])(C([2H])([2H])C([2H])([2H])[C@@]4(O)C#CC)[C@]3([2H])C([2H])([2H])C2([2H])[2H])C([2H])([2H])CC1=O. The molecule has 4 aliphatic carbocycles. The molecule has 2 saturated carbocycles. The van der Waals surface area contributed by atoms with E-state index in [1.807, 2.05) is 5.92 Å². The summed E-state index contributed by atoms with van der Waals surface area (Å²) in [5.41, 5.74) is -15.5. The third-order valence-electron chi connectivity index (χ3n) is 5.57. The fraction of sp³-hybridized carbons (Fsp3) is 0.552. The van der Waals surface area contributed by atoms with Gasteiger partial charge in [-0.2, -0.15) is 0 Å². The Bertz CT molecular complexity index is 2050. The van der Waals surface area contributed by atoms with Crippen LogP contribution in [0, 0.1) is 29.0 Å². The molecule has 0 amide bonds. The number of aliphatic hydroxyl groups is 1. The maximum Gasteiger partial charge on any atom is 0.156 e. The lowest BCUT2D eigenvalue weighted by Gasteiger charge is -2.53. The van der Waals surface area contributed by atoms with Crippen molar-refractivity contribution in [3.63, 3.8) is 0 Å². The normalized spacial score (nSPS) is 65.2. The Morgan fingerprint density at radius 1 is 1.28 bits per heavy atom. The van der Waals surface area contributed by atoms with Crippen molar-refractivity contribution in [3.8, 4) is 11.8 Å². The van der Waals surface area contributed by atoms with E-state index in [9.17, 15) is 19.5 Å². The van der Waals surface area contributed by atoms with E-state index in [0.29, 0.717) is 24.3 Å². The Labute approximate surface area is 227 Å². The number of carbonyl (C=O) groups is 1. The molecule has 5 rings (SSSR count). The van der Waals surface area contributed by atoms with Crippen molar-refractivity contribution in [2.24, 2.45) is 17.2 Å². The number of benzene rings is 1. The number of hydrogen-bond acceptors (Lipinski definition) is 3. The monoisotopic (exact) mass is 454 g/mol. The van der Waals surface area contributed by atoms with Gasteiger partial charge in [0.25, 0.3) is 0 Å². The van der Waals surface area contributed by atoms with Crippen molar-refractivity contribution < 1.29 is 44.2 Å². The molecule has 0 spiro atoms. The van der Waals surface area contributed by atoms with E-state index in [-0.39, 0.29) is 4.90 Å². The fourth-order valence-corrected chi connectivity index (χ4v) is 4.03. The van der Waals surface area contributed by atoms with Gasteiger partial charge in [0, 0.05) is 70.3 Å². The van der Waals surface area contributed by atoms with Crippen molar-refractivity contribution in [2.75, 3.05) is 18.9 Å². The topological polar surface area (TPSA) is 40.5 Å². The number of fused-ring (bicyclic) bond motifs is 4. The molecule has 0 aliphatic heterocycles. The molecule has 0 heterocycles.